The van der Waals surface area contributed by atoms with Gasteiger partial charge in [0, 0.05) is 18.3 Å². The summed E-state index contributed by atoms with van der Waals surface area (Å²) in [7, 11) is -4.08. The Morgan fingerprint density at radius 1 is 1.26 bits per heavy atom. The molecule has 1 atom stereocenters. The van der Waals surface area contributed by atoms with Gasteiger partial charge in [-0.25, -0.2) is 8.42 Å². The van der Waals surface area contributed by atoms with Gasteiger partial charge in [0.05, 0.1) is 10.7 Å². The topological polar surface area (TPSA) is 105 Å². The number of anilines is 2. The van der Waals surface area contributed by atoms with Crippen molar-refractivity contribution < 1.29 is 22.7 Å². The van der Waals surface area contributed by atoms with E-state index in [1.165, 1.54) is 16.4 Å². The molecule has 0 unspecified atom stereocenters. The number of carbonyl (C=O) groups is 2. The van der Waals surface area contributed by atoms with Crippen LogP contribution in [0.25, 0.3) is 0 Å². The summed E-state index contributed by atoms with van der Waals surface area (Å²) in [6.45, 7) is 3.77. The minimum atomic E-state index is -4.08. The van der Waals surface area contributed by atoms with E-state index in [1.54, 1.807) is 0 Å². The summed E-state index contributed by atoms with van der Waals surface area (Å²) in [5, 5.41) is 5.44. The van der Waals surface area contributed by atoms with E-state index < -0.39 is 16.1 Å². The predicted molar refractivity (Wildman–Crippen MR) is 117 cm³/mol. The van der Waals surface area contributed by atoms with Gasteiger partial charge in [0.15, 0.2) is 6.61 Å². The molecule has 0 radical (unpaired) electrons. The number of ether oxygens (including phenoxy) is 1. The molecule has 2 aromatic rings. The lowest BCUT2D eigenvalue weighted by molar-refractivity contribution is -0.119. The second-order valence-corrected chi connectivity index (χ2v) is 9.91. The van der Waals surface area contributed by atoms with Crippen molar-refractivity contribution in [1.29, 1.82) is 0 Å². The molecule has 10 heteroatoms. The molecule has 1 saturated heterocycles. The third-order valence-electron chi connectivity index (χ3n) is 5.49. The van der Waals surface area contributed by atoms with Gasteiger partial charge >= 0.3 is 0 Å². The largest absolute Gasteiger partial charge is 0.482 e. The predicted octanol–water partition coefficient (Wildman–Crippen LogP) is 3.08. The molecule has 0 aliphatic carbocycles. The van der Waals surface area contributed by atoms with Crippen LogP contribution in [0.15, 0.2) is 35.2 Å². The quantitative estimate of drug-likeness (QED) is 0.725. The standard InChI is InChI=1S/C21H22ClN3O5S/c1-12-5-3-6-13(2)20(12)24-21(27)16-7-4-8-25(16)31(28,29)18-10-17-15(9-14(18)22)23-19(26)11-30-17/h3,5-6,9-10,16H,4,7-8,11H2,1-2H3,(H,23,26)(H,24,27)/t16-/m1/s1. The first-order valence-corrected chi connectivity index (χ1v) is 11.7. The number of benzene rings is 2. The normalized spacial score (nSPS) is 18.8. The Balaban J connectivity index is 1.64. The molecule has 0 aromatic heterocycles. The summed E-state index contributed by atoms with van der Waals surface area (Å²) in [4.78, 5) is 24.4. The fraction of sp³-hybridized carbons (Fsp3) is 0.333. The summed E-state index contributed by atoms with van der Waals surface area (Å²) in [6.07, 6.45) is 0.963. The lowest BCUT2D eigenvalue weighted by atomic mass is 10.1. The van der Waals surface area contributed by atoms with E-state index in [1.807, 2.05) is 32.0 Å². The number of hydrogen-bond donors (Lipinski definition) is 2. The number of para-hydroxylation sites is 1. The van der Waals surface area contributed by atoms with Crippen LogP contribution in [0.5, 0.6) is 5.75 Å². The Labute approximate surface area is 185 Å². The second kappa shape index (κ2) is 8.14. The van der Waals surface area contributed by atoms with E-state index in [0.29, 0.717) is 24.2 Å². The van der Waals surface area contributed by atoms with Gasteiger partial charge < -0.3 is 15.4 Å². The number of sulfonamides is 1. The fourth-order valence-electron chi connectivity index (χ4n) is 3.91. The maximum atomic E-state index is 13.4. The van der Waals surface area contributed by atoms with Gasteiger partial charge in [-0.05, 0) is 43.9 Å². The van der Waals surface area contributed by atoms with Crippen molar-refractivity contribution in [3.05, 3.63) is 46.5 Å². The van der Waals surface area contributed by atoms with Crippen molar-refractivity contribution in [2.24, 2.45) is 0 Å². The highest BCUT2D eigenvalue weighted by Crippen LogP contribution is 2.38. The first kappa shape index (κ1) is 21.6. The molecule has 0 spiro atoms. The highest BCUT2D eigenvalue weighted by Gasteiger charge is 2.41. The molecule has 0 saturated carbocycles. The molecule has 0 bridgehead atoms. The minimum Gasteiger partial charge on any atom is -0.482 e. The molecule has 164 valence electrons. The molecule has 2 aliphatic heterocycles. The Morgan fingerprint density at radius 3 is 2.68 bits per heavy atom. The van der Waals surface area contributed by atoms with Crippen LogP contribution in [0.1, 0.15) is 24.0 Å². The smallest absolute Gasteiger partial charge is 0.262 e. The summed E-state index contributed by atoms with van der Waals surface area (Å²) in [6, 6.07) is 7.47. The molecule has 2 aromatic carbocycles. The van der Waals surface area contributed by atoms with E-state index in [-0.39, 0.29) is 40.6 Å². The maximum Gasteiger partial charge on any atom is 0.262 e. The monoisotopic (exact) mass is 463 g/mol. The Kier molecular flexibility index (Phi) is 5.67. The molecular weight excluding hydrogens is 442 g/mol. The molecule has 31 heavy (non-hydrogen) atoms. The zero-order valence-electron chi connectivity index (χ0n) is 17.1. The summed E-state index contributed by atoms with van der Waals surface area (Å²) >= 11 is 6.26. The third kappa shape index (κ3) is 4.00. The molecule has 2 N–H and O–H groups in total. The number of nitrogens with zero attached hydrogens (tertiary/aromatic N) is 1. The number of carbonyl (C=O) groups excluding carboxylic acids is 2. The van der Waals surface area contributed by atoms with E-state index in [4.69, 9.17) is 16.3 Å². The van der Waals surface area contributed by atoms with Gasteiger partial charge in [-0.2, -0.15) is 4.31 Å². The van der Waals surface area contributed by atoms with Crippen molar-refractivity contribution in [2.45, 2.75) is 37.6 Å². The van der Waals surface area contributed by atoms with Gasteiger partial charge in [0.1, 0.15) is 16.7 Å². The average Bonchev–Trinajstić information content (AvgIpc) is 3.21. The minimum absolute atomic E-state index is 0.0506. The summed E-state index contributed by atoms with van der Waals surface area (Å²) in [5.74, 6) is -0.503. The summed E-state index contributed by atoms with van der Waals surface area (Å²) < 4.78 is 33.4. The van der Waals surface area contributed by atoms with Crippen molar-refractivity contribution in [1.82, 2.24) is 4.31 Å². The zero-order valence-corrected chi connectivity index (χ0v) is 18.6. The van der Waals surface area contributed by atoms with Gasteiger partial charge in [-0.1, -0.05) is 29.8 Å². The molecular formula is C21H22ClN3O5S. The van der Waals surface area contributed by atoms with Crippen LogP contribution in [-0.4, -0.2) is 43.7 Å². The SMILES string of the molecule is Cc1cccc(C)c1NC(=O)[C@H]1CCCN1S(=O)(=O)c1cc2c(cc1Cl)NC(=O)CO2. The van der Waals surface area contributed by atoms with Crippen LogP contribution in [-0.2, 0) is 19.6 Å². The van der Waals surface area contributed by atoms with E-state index in [0.717, 1.165) is 11.1 Å². The molecule has 8 nitrogen and oxygen atoms in total. The van der Waals surface area contributed by atoms with Gasteiger partial charge in [0.25, 0.3) is 5.91 Å². The molecule has 4 rings (SSSR count). The molecule has 1 fully saturated rings. The van der Waals surface area contributed by atoms with Crippen LogP contribution in [0.4, 0.5) is 11.4 Å². The Hall–Kier alpha value is -2.62. The molecule has 2 amide bonds. The third-order valence-corrected chi connectivity index (χ3v) is 7.86. The van der Waals surface area contributed by atoms with Gasteiger partial charge in [0.2, 0.25) is 15.9 Å². The fourth-order valence-corrected chi connectivity index (χ4v) is 6.09. The number of hydrogen-bond acceptors (Lipinski definition) is 5. The number of aryl methyl sites for hydroxylation is 2. The Bertz CT molecular complexity index is 1160. The number of halogens is 1. The highest BCUT2D eigenvalue weighted by molar-refractivity contribution is 7.89. The first-order chi connectivity index (χ1) is 14.7. The highest BCUT2D eigenvalue weighted by atomic mass is 35.5. The van der Waals surface area contributed by atoms with Crippen LogP contribution in [0.2, 0.25) is 5.02 Å². The van der Waals surface area contributed by atoms with E-state index in [9.17, 15) is 18.0 Å². The van der Waals surface area contributed by atoms with E-state index >= 15 is 0 Å². The van der Waals surface area contributed by atoms with Crippen LogP contribution in [0.3, 0.4) is 0 Å². The van der Waals surface area contributed by atoms with Crippen molar-refractivity contribution in [3.8, 4) is 5.75 Å². The maximum absolute atomic E-state index is 13.4. The number of fused-ring (bicyclic) bond motifs is 1. The first-order valence-electron chi connectivity index (χ1n) is 9.83. The molecule has 2 heterocycles. The number of amides is 2. The number of rotatable bonds is 4. The van der Waals surface area contributed by atoms with Gasteiger partial charge in [-0.15, -0.1) is 0 Å². The van der Waals surface area contributed by atoms with Crippen LogP contribution in [0, 0.1) is 13.8 Å². The Morgan fingerprint density at radius 2 is 1.97 bits per heavy atom. The van der Waals surface area contributed by atoms with Gasteiger partial charge in [-0.3, -0.25) is 9.59 Å². The van der Waals surface area contributed by atoms with Crippen molar-refractivity contribution >= 4 is 44.8 Å². The lowest BCUT2D eigenvalue weighted by Crippen LogP contribution is -2.43. The average molecular weight is 464 g/mol. The summed E-state index contributed by atoms with van der Waals surface area (Å²) in [5.41, 5.74) is 2.80. The van der Waals surface area contributed by atoms with Crippen LogP contribution >= 0.6 is 11.6 Å². The second-order valence-electron chi connectivity index (χ2n) is 7.65. The van der Waals surface area contributed by atoms with Crippen molar-refractivity contribution in [3.63, 3.8) is 0 Å². The zero-order chi connectivity index (χ0) is 22.3. The van der Waals surface area contributed by atoms with E-state index in [2.05, 4.69) is 10.6 Å². The van der Waals surface area contributed by atoms with Crippen molar-refractivity contribution in [2.75, 3.05) is 23.8 Å². The molecule has 2 aliphatic rings. The lowest BCUT2D eigenvalue weighted by Gasteiger charge is -2.26. The number of nitrogens with one attached hydrogen (secondary N) is 2. The van der Waals surface area contributed by atoms with Crippen LogP contribution < -0.4 is 15.4 Å².